The number of hydrogen-bond acceptors (Lipinski definition) is 5. The van der Waals surface area contributed by atoms with E-state index >= 15 is 0 Å². The van der Waals surface area contributed by atoms with Crippen LogP contribution in [0.1, 0.15) is 44.9 Å². The fraction of sp³-hybridized carbons (Fsp3) is 0.381. The Morgan fingerprint density at radius 2 is 2.00 bits per heavy atom. The third-order valence-corrected chi connectivity index (χ3v) is 6.26. The fourth-order valence-corrected chi connectivity index (χ4v) is 3.84. The third-order valence-electron chi connectivity index (χ3n) is 4.58. The summed E-state index contributed by atoms with van der Waals surface area (Å²) in [6.45, 7) is 9.66. The van der Waals surface area contributed by atoms with E-state index in [0.717, 1.165) is 16.7 Å². The van der Waals surface area contributed by atoms with Gasteiger partial charge in [-0.15, -0.1) is 4.72 Å². The standard InChI is InChI=1S/C21H26N4O2S/c1-13-10-16(14(2)24-28(27)21(3,4)5)18-17(11-13)20(26)25(6)19(23-18)15-8-7-9-22-12-15/h7-12,14,24H,1-6H3. The van der Waals surface area contributed by atoms with Crippen LogP contribution in [0.25, 0.3) is 22.3 Å². The average molecular weight is 399 g/mol. The number of aromatic nitrogens is 3. The molecule has 3 rings (SSSR count). The third kappa shape index (κ3) is 3.97. The minimum Gasteiger partial charge on any atom is -0.598 e. The van der Waals surface area contributed by atoms with E-state index in [1.165, 1.54) is 0 Å². The summed E-state index contributed by atoms with van der Waals surface area (Å²) in [4.78, 5) is 22.0. The van der Waals surface area contributed by atoms with Crippen molar-refractivity contribution in [2.24, 2.45) is 7.05 Å². The topological polar surface area (TPSA) is 82.9 Å². The molecule has 2 heterocycles. The lowest BCUT2D eigenvalue weighted by atomic mass is 10.0. The van der Waals surface area contributed by atoms with Gasteiger partial charge in [-0.05, 0) is 58.4 Å². The van der Waals surface area contributed by atoms with Gasteiger partial charge in [-0.2, -0.15) is 0 Å². The highest BCUT2D eigenvalue weighted by molar-refractivity contribution is 7.90. The molecule has 0 bridgehead atoms. The summed E-state index contributed by atoms with van der Waals surface area (Å²) in [6, 6.07) is 7.32. The first-order chi connectivity index (χ1) is 13.1. The summed E-state index contributed by atoms with van der Waals surface area (Å²) < 4.78 is 16.9. The molecule has 1 aromatic carbocycles. The van der Waals surface area contributed by atoms with Gasteiger partial charge in [0.2, 0.25) is 0 Å². The van der Waals surface area contributed by atoms with Crippen LogP contribution < -0.4 is 10.3 Å². The lowest BCUT2D eigenvalue weighted by Gasteiger charge is -2.27. The molecule has 0 aliphatic carbocycles. The molecule has 2 unspecified atom stereocenters. The second-order valence-electron chi connectivity index (χ2n) is 8.01. The van der Waals surface area contributed by atoms with E-state index in [4.69, 9.17) is 4.98 Å². The van der Waals surface area contributed by atoms with Gasteiger partial charge >= 0.3 is 0 Å². The summed E-state index contributed by atoms with van der Waals surface area (Å²) in [6.07, 6.45) is 3.38. The van der Waals surface area contributed by atoms with E-state index in [0.29, 0.717) is 16.7 Å². The minimum atomic E-state index is -1.24. The first kappa shape index (κ1) is 20.5. The Bertz CT molecular complexity index is 1060. The molecule has 2 atom stereocenters. The number of fused-ring (bicyclic) bond motifs is 1. The smallest absolute Gasteiger partial charge is 0.261 e. The zero-order chi connectivity index (χ0) is 20.6. The van der Waals surface area contributed by atoms with Crippen molar-refractivity contribution in [1.29, 1.82) is 0 Å². The molecule has 0 radical (unpaired) electrons. The van der Waals surface area contributed by atoms with E-state index in [-0.39, 0.29) is 11.6 Å². The van der Waals surface area contributed by atoms with Crippen molar-refractivity contribution in [1.82, 2.24) is 19.3 Å². The molecule has 0 saturated heterocycles. The molecule has 7 heteroatoms. The Labute approximate surface area is 168 Å². The molecule has 3 aromatic rings. The molecule has 0 amide bonds. The molecule has 0 fully saturated rings. The van der Waals surface area contributed by atoms with Gasteiger partial charge in [-0.1, -0.05) is 6.07 Å². The largest absolute Gasteiger partial charge is 0.598 e. The maximum absolute atomic E-state index is 13.1. The van der Waals surface area contributed by atoms with Gasteiger partial charge in [0.1, 0.15) is 10.6 Å². The highest BCUT2D eigenvalue weighted by Gasteiger charge is 2.29. The van der Waals surface area contributed by atoms with Crippen molar-refractivity contribution in [2.75, 3.05) is 0 Å². The van der Waals surface area contributed by atoms with Crippen LogP contribution in [-0.2, 0) is 18.4 Å². The van der Waals surface area contributed by atoms with Crippen LogP contribution in [0.15, 0.2) is 41.5 Å². The summed E-state index contributed by atoms with van der Waals surface area (Å²) in [5.41, 5.74) is 3.10. The highest BCUT2D eigenvalue weighted by atomic mass is 32.2. The maximum atomic E-state index is 13.1. The molecule has 6 nitrogen and oxygen atoms in total. The van der Waals surface area contributed by atoms with Crippen LogP contribution in [0.4, 0.5) is 0 Å². The Kier molecular flexibility index (Phi) is 5.61. The summed E-state index contributed by atoms with van der Waals surface area (Å²) >= 11 is -1.24. The minimum absolute atomic E-state index is 0.113. The summed E-state index contributed by atoms with van der Waals surface area (Å²) in [7, 11) is 1.72. The molecule has 0 aliphatic heterocycles. The lowest BCUT2D eigenvalue weighted by molar-refractivity contribution is 0.531. The number of hydrogen-bond donors (Lipinski definition) is 1. The molecule has 2 aromatic heterocycles. The number of nitrogens with one attached hydrogen (secondary N) is 1. The number of aryl methyl sites for hydroxylation is 1. The van der Waals surface area contributed by atoms with Crippen LogP contribution in [0.2, 0.25) is 0 Å². The van der Waals surface area contributed by atoms with Crippen molar-refractivity contribution < 1.29 is 4.55 Å². The zero-order valence-corrected chi connectivity index (χ0v) is 17.9. The Hall–Kier alpha value is -2.22. The van der Waals surface area contributed by atoms with Gasteiger partial charge in [0.25, 0.3) is 5.56 Å². The predicted molar refractivity (Wildman–Crippen MR) is 114 cm³/mol. The maximum Gasteiger partial charge on any atom is 0.261 e. The van der Waals surface area contributed by atoms with E-state index in [2.05, 4.69) is 9.71 Å². The van der Waals surface area contributed by atoms with Crippen molar-refractivity contribution in [3.8, 4) is 11.4 Å². The van der Waals surface area contributed by atoms with Crippen molar-refractivity contribution in [2.45, 2.75) is 45.4 Å². The second kappa shape index (κ2) is 7.66. The van der Waals surface area contributed by atoms with Crippen LogP contribution in [-0.4, -0.2) is 23.8 Å². The van der Waals surface area contributed by atoms with E-state index in [1.807, 2.05) is 58.9 Å². The number of nitrogens with zero attached hydrogens (tertiary/aromatic N) is 3. The van der Waals surface area contributed by atoms with Gasteiger partial charge in [-0.25, -0.2) is 4.98 Å². The lowest BCUT2D eigenvalue weighted by Crippen LogP contribution is -2.40. The van der Waals surface area contributed by atoms with Crippen molar-refractivity contribution in [3.05, 3.63) is 58.1 Å². The van der Waals surface area contributed by atoms with Gasteiger partial charge < -0.3 is 4.55 Å². The van der Waals surface area contributed by atoms with Crippen molar-refractivity contribution in [3.63, 3.8) is 0 Å². The van der Waals surface area contributed by atoms with Crippen LogP contribution >= 0.6 is 0 Å². The van der Waals surface area contributed by atoms with Crippen LogP contribution in [0, 0.1) is 6.92 Å². The summed E-state index contributed by atoms with van der Waals surface area (Å²) in [5, 5.41) is 0.556. The molecule has 0 aliphatic rings. The molecule has 1 N–H and O–H groups in total. The SMILES string of the molecule is Cc1cc(C(C)N[S+]([O-])C(C)(C)C)c2nc(-c3cccnc3)n(C)c(=O)c2c1. The van der Waals surface area contributed by atoms with E-state index < -0.39 is 16.1 Å². The number of benzene rings is 1. The molecular formula is C21H26N4O2S. The fourth-order valence-electron chi connectivity index (χ4n) is 3.04. The van der Waals surface area contributed by atoms with Crippen molar-refractivity contribution >= 4 is 22.3 Å². The summed E-state index contributed by atoms with van der Waals surface area (Å²) in [5.74, 6) is 0.555. The monoisotopic (exact) mass is 398 g/mol. The average Bonchev–Trinajstić information content (AvgIpc) is 2.64. The first-order valence-electron chi connectivity index (χ1n) is 9.19. The number of pyridine rings is 1. The first-order valence-corrected chi connectivity index (χ1v) is 10.3. The van der Waals surface area contributed by atoms with E-state index in [9.17, 15) is 9.35 Å². The Morgan fingerprint density at radius 1 is 1.29 bits per heavy atom. The molecule has 0 spiro atoms. The molecular weight excluding hydrogens is 372 g/mol. The quantitative estimate of drug-likeness (QED) is 0.681. The zero-order valence-electron chi connectivity index (χ0n) is 17.1. The second-order valence-corrected chi connectivity index (χ2v) is 10.0. The van der Waals surface area contributed by atoms with E-state index in [1.54, 1.807) is 24.0 Å². The van der Waals surface area contributed by atoms with Gasteiger partial charge in [-0.3, -0.25) is 14.3 Å². The van der Waals surface area contributed by atoms with Crippen LogP contribution in [0.5, 0.6) is 0 Å². The van der Waals surface area contributed by atoms with Gasteiger partial charge in [0.15, 0.2) is 0 Å². The van der Waals surface area contributed by atoms with Gasteiger partial charge in [0, 0.05) is 41.9 Å². The Balaban J connectivity index is 2.21. The highest BCUT2D eigenvalue weighted by Crippen LogP contribution is 2.27. The van der Waals surface area contributed by atoms with Crippen LogP contribution in [0.3, 0.4) is 0 Å². The normalized spacial score (nSPS) is 14.2. The Morgan fingerprint density at radius 3 is 2.61 bits per heavy atom. The molecule has 148 valence electrons. The molecule has 28 heavy (non-hydrogen) atoms. The van der Waals surface area contributed by atoms with Gasteiger partial charge in [0.05, 0.1) is 16.9 Å². The number of rotatable bonds is 4. The predicted octanol–water partition coefficient (Wildman–Crippen LogP) is 3.42. The molecule has 0 saturated carbocycles.